The maximum Gasteiger partial charge on any atom is 0.319 e. The molecule has 0 unspecified atom stereocenters. The Morgan fingerprint density at radius 3 is 2.25 bits per heavy atom. The first kappa shape index (κ1) is 17.2. The Kier molecular flexibility index (Phi) is 4.31. The Balaban J connectivity index is 1.69. The number of piperazine rings is 1. The number of carbonyl (C=O) groups is 2. The molecule has 1 heterocycles. The van der Waals surface area contributed by atoms with E-state index in [1.54, 1.807) is 12.1 Å². The van der Waals surface area contributed by atoms with Crippen molar-refractivity contribution < 1.29 is 23.1 Å². The molecule has 0 aromatic heterocycles. The molecule has 1 aromatic carbocycles. The standard InChI is InChI=1S/C15H17ClN2O5S/c16-11-2-1-3-12(10-11)24(22,23)18-8-6-17(7-9-18)13(19)15(4-5-15)14(20)21/h1-3,10H,4-9H2,(H,20,21). The SMILES string of the molecule is O=C(O)C1(C(=O)N2CCN(S(=O)(=O)c3cccc(Cl)c3)CC2)CC1. The van der Waals surface area contributed by atoms with Crippen molar-refractivity contribution in [3.8, 4) is 0 Å². The lowest BCUT2D eigenvalue weighted by Crippen LogP contribution is -2.53. The highest BCUT2D eigenvalue weighted by Gasteiger charge is 2.58. The van der Waals surface area contributed by atoms with E-state index in [0.717, 1.165) is 0 Å². The van der Waals surface area contributed by atoms with E-state index in [0.29, 0.717) is 17.9 Å². The van der Waals surface area contributed by atoms with Gasteiger partial charge in [-0.3, -0.25) is 9.59 Å². The van der Waals surface area contributed by atoms with Crippen LogP contribution in [0.15, 0.2) is 29.2 Å². The largest absolute Gasteiger partial charge is 0.480 e. The number of aliphatic carboxylic acids is 1. The molecule has 7 nitrogen and oxygen atoms in total. The second kappa shape index (κ2) is 6.02. The molecule has 130 valence electrons. The number of carboxylic acid groups (broad SMARTS) is 1. The fraction of sp³-hybridized carbons (Fsp3) is 0.467. The zero-order valence-electron chi connectivity index (χ0n) is 12.8. The molecule has 0 spiro atoms. The summed E-state index contributed by atoms with van der Waals surface area (Å²) in [5.41, 5.74) is -1.28. The molecule has 2 fully saturated rings. The highest BCUT2D eigenvalue weighted by molar-refractivity contribution is 7.89. The molecule has 1 saturated heterocycles. The molecule has 1 aliphatic carbocycles. The number of carboxylic acids is 1. The predicted octanol–water partition coefficient (Wildman–Crippen LogP) is 1.04. The summed E-state index contributed by atoms with van der Waals surface area (Å²) in [6.07, 6.45) is 0.699. The van der Waals surface area contributed by atoms with Gasteiger partial charge in [0.25, 0.3) is 0 Å². The third-order valence-corrected chi connectivity index (χ3v) is 6.66. The number of amides is 1. The fourth-order valence-corrected chi connectivity index (χ4v) is 4.58. The number of carbonyl (C=O) groups excluding carboxylic acids is 1. The first-order valence-corrected chi connectivity index (χ1v) is 9.38. The summed E-state index contributed by atoms with van der Waals surface area (Å²) in [6, 6.07) is 6.03. The van der Waals surface area contributed by atoms with Gasteiger partial charge >= 0.3 is 5.97 Å². The lowest BCUT2D eigenvalue weighted by Gasteiger charge is -2.35. The maximum absolute atomic E-state index is 12.6. The van der Waals surface area contributed by atoms with Crippen molar-refractivity contribution in [3.05, 3.63) is 29.3 Å². The zero-order chi connectivity index (χ0) is 17.5. The summed E-state index contributed by atoms with van der Waals surface area (Å²) >= 11 is 5.85. The third kappa shape index (κ3) is 2.89. The van der Waals surface area contributed by atoms with E-state index >= 15 is 0 Å². The van der Waals surface area contributed by atoms with E-state index in [-0.39, 0.29) is 31.1 Å². The molecule has 1 saturated carbocycles. The molecule has 1 aliphatic heterocycles. The van der Waals surface area contributed by atoms with E-state index in [1.807, 2.05) is 0 Å². The number of sulfonamides is 1. The normalized spacial score (nSPS) is 20.6. The molecule has 2 aliphatic rings. The van der Waals surface area contributed by atoms with Crippen LogP contribution in [0.2, 0.25) is 5.02 Å². The van der Waals surface area contributed by atoms with Crippen molar-refractivity contribution in [3.63, 3.8) is 0 Å². The Hall–Kier alpha value is -1.64. The smallest absolute Gasteiger partial charge is 0.319 e. The van der Waals surface area contributed by atoms with Gasteiger partial charge < -0.3 is 10.0 Å². The quantitative estimate of drug-likeness (QED) is 0.797. The van der Waals surface area contributed by atoms with Crippen molar-refractivity contribution in [2.75, 3.05) is 26.2 Å². The van der Waals surface area contributed by atoms with Crippen molar-refractivity contribution in [1.29, 1.82) is 0 Å². The molecular formula is C15H17ClN2O5S. The maximum atomic E-state index is 12.6. The van der Waals surface area contributed by atoms with Crippen LogP contribution in [0.1, 0.15) is 12.8 Å². The Morgan fingerprint density at radius 2 is 1.75 bits per heavy atom. The minimum Gasteiger partial charge on any atom is -0.480 e. The van der Waals surface area contributed by atoms with Crippen molar-refractivity contribution in [2.24, 2.45) is 5.41 Å². The van der Waals surface area contributed by atoms with Crippen molar-refractivity contribution >= 4 is 33.5 Å². The average molecular weight is 373 g/mol. The van der Waals surface area contributed by atoms with Crippen LogP contribution in [0, 0.1) is 5.41 Å². The van der Waals surface area contributed by atoms with Crippen LogP contribution in [-0.4, -0.2) is 60.8 Å². The van der Waals surface area contributed by atoms with Crippen molar-refractivity contribution in [1.82, 2.24) is 9.21 Å². The van der Waals surface area contributed by atoms with Gasteiger partial charge in [-0.15, -0.1) is 0 Å². The first-order chi connectivity index (χ1) is 11.3. The lowest BCUT2D eigenvalue weighted by atomic mass is 10.1. The predicted molar refractivity (Wildman–Crippen MR) is 86.1 cm³/mol. The van der Waals surface area contributed by atoms with Gasteiger partial charge in [-0.05, 0) is 31.0 Å². The summed E-state index contributed by atoms with van der Waals surface area (Å²) in [7, 11) is -3.68. The molecular weight excluding hydrogens is 356 g/mol. The number of halogens is 1. The molecule has 3 rings (SSSR count). The summed E-state index contributed by atoms with van der Waals surface area (Å²) in [5.74, 6) is -1.50. The van der Waals surface area contributed by atoms with Crippen LogP contribution in [0.5, 0.6) is 0 Å². The molecule has 9 heteroatoms. The minimum absolute atomic E-state index is 0.110. The third-order valence-electron chi connectivity index (χ3n) is 4.53. The Bertz CT molecular complexity index is 783. The molecule has 1 aromatic rings. The fourth-order valence-electron chi connectivity index (χ4n) is 2.85. The zero-order valence-corrected chi connectivity index (χ0v) is 14.4. The monoisotopic (exact) mass is 372 g/mol. The summed E-state index contributed by atoms with van der Waals surface area (Å²) in [5, 5.41) is 9.53. The second-order valence-electron chi connectivity index (χ2n) is 6.04. The summed E-state index contributed by atoms with van der Waals surface area (Å²) in [4.78, 5) is 25.2. The number of benzene rings is 1. The van der Waals surface area contributed by atoms with Gasteiger partial charge in [0.15, 0.2) is 0 Å². The van der Waals surface area contributed by atoms with Crippen LogP contribution in [0.25, 0.3) is 0 Å². The van der Waals surface area contributed by atoms with E-state index in [9.17, 15) is 23.1 Å². The Labute approximate surface area is 144 Å². The number of rotatable bonds is 4. The molecule has 24 heavy (non-hydrogen) atoms. The van der Waals surface area contributed by atoms with Gasteiger partial charge in [-0.1, -0.05) is 17.7 Å². The highest BCUT2D eigenvalue weighted by atomic mass is 35.5. The number of nitrogens with zero attached hydrogens (tertiary/aromatic N) is 2. The van der Waals surface area contributed by atoms with E-state index in [4.69, 9.17) is 11.6 Å². The Morgan fingerprint density at radius 1 is 1.12 bits per heavy atom. The van der Waals surface area contributed by atoms with E-state index in [1.165, 1.54) is 21.3 Å². The van der Waals surface area contributed by atoms with Crippen LogP contribution in [-0.2, 0) is 19.6 Å². The molecule has 1 amide bonds. The molecule has 0 bridgehead atoms. The first-order valence-electron chi connectivity index (χ1n) is 7.56. The van der Waals surface area contributed by atoms with Crippen LogP contribution in [0.3, 0.4) is 0 Å². The highest BCUT2D eigenvalue weighted by Crippen LogP contribution is 2.47. The minimum atomic E-state index is -3.68. The van der Waals surface area contributed by atoms with Gasteiger partial charge in [0.05, 0.1) is 4.90 Å². The van der Waals surface area contributed by atoms with Crippen LogP contribution in [0.4, 0.5) is 0 Å². The molecule has 1 N–H and O–H groups in total. The van der Waals surface area contributed by atoms with Gasteiger partial charge in [0.2, 0.25) is 15.9 Å². The summed E-state index contributed by atoms with van der Waals surface area (Å²) in [6.45, 7) is 0.647. The van der Waals surface area contributed by atoms with E-state index in [2.05, 4.69) is 0 Å². The van der Waals surface area contributed by atoms with Crippen LogP contribution >= 0.6 is 11.6 Å². The second-order valence-corrected chi connectivity index (χ2v) is 8.42. The van der Waals surface area contributed by atoms with Gasteiger partial charge in [0, 0.05) is 31.2 Å². The number of hydrogen-bond donors (Lipinski definition) is 1. The lowest BCUT2D eigenvalue weighted by molar-refractivity contribution is -0.154. The summed E-state index contributed by atoms with van der Waals surface area (Å²) < 4.78 is 26.5. The van der Waals surface area contributed by atoms with E-state index < -0.39 is 27.3 Å². The molecule has 0 atom stereocenters. The van der Waals surface area contributed by atoms with Gasteiger partial charge in [0.1, 0.15) is 5.41 Å². The number of hydrogen-bond acceptors (Lipinski definition) is 4. The van der Waals surface area contributed by atoms with Crippen LogP contribution < -0.4 is 0 Å². The average Bonchev–Trinajstić information content (AvgIpc) is 3.36. The van der Waals surface area contributed by atoms with Crippen molar-refractivity contribution in [2.45, 2.75) is 17.7 Å². The van der Waals surface area contributed by atoms with Gasteiger partial charge in [-0.25, -0.2) is 8.42 Å². The molecule has 0 radical (unpaired) electrons. The topological polar surface area (TPSA) is 95.0 Å². The van der Waals surface area contributed by atoms with Gasteiger partial charge in [-0.2, -0.15) is 4.31 Å².